The Morgan fingerprint density at radius 1 is 0.889 bits per heavy atom. The van der Waals surface area contributed by atoms with Gasteiger partial charge in [-0.05, 0) is 132 Å². The maximum Gasteiger partial charge on any atom is 0.306 e. The molecule has 7 rings (SSSR count). The van der Waals surface area contributed by atoms with Gasteiger partial charge in [-0.2, -0.15) is 0 Å². The molecule has 3 saturated heterocycles. The number of likely N-dealkylation sites (N-methyl/N-ethyl adjacent to an activating group) is 1. The molecule has 2 N–H and O–H groups in total. The smallest absolute Gasteiger partial charge is 0.306 e. The van der Waals surface area contributed by atoms with Crippen LogP contribution in [0, 0.1) is 35.5 Å². The maximum atomic E-state index is 15.2. The Bertz CT molecular complexity index is 1750. The van der Waals surface area contributed by atoms with E-state index in [4.69, 9.17) is 61.1 Å². The Labute approximate surface area is 384 Å². The number of carbonyl (C=O) groups is 2. The second-order valence-electron chi connectivity index (χ2n) is 19.2. The van der Waals surface area contributed by atoms with Crippen molar-refractivity contribution in [1.82, 2.24) is 10.2 Å². The fourth-order valence-corrected chi connectivity index (χ4v) is 12.6. The normalized spacial score (nSPS) is 42.4. The highest BCUT2D eigenvalue weighted by molar-refractivity contribution is 6.33. The van der Waals surface area contributed by atoms with Crippen LogP contribution in [0.3, 0.4) is 0 Å². The van der Waals surface area contributed by atoms with Crippen LogP contribution in [0.2, 0.25) is 10.0 Å². The first-order valence-corrected chi connectivity index (χ1v) is 24.1. The van der Waals surface area contributed by atoms with E-state index in [1.165, 1.54) is 0 Å². The first kappa shape index (κ1) is 49.2. The number of methoxy groups -OCH3 is 3. The molecule has 1 aromatic carbocycles. The van der Waals surface area contributed by atoms with E-state index in [0.29, 0.717) is 54.3 Å². The molecule has 0 bridgehead atoms. The van der Waals surface area contributed by atoms with Gasteiger partial charge in [0.05, 0.1) is 36.9 Å². The van der Waals surface area contributed by atoms with E-state index in [9.17, 15) is 9.90 Å². The first-order valence-electron chi connectivity index (χ1n) is 23.3. The molecule has 3 aliphatic heterocycles. The first-order chi connectivity index (χ1) is 30.2. The van der Waals surface area contributed by atoms with Crippen LogP contribution in [0.25, 0.3) is 0 Å². The second kappa shape index (κ2) is 21.5. The fraction of sp³-hybridized carbons (Fsp3) is 0.792. The van der Waals surface area contributed by atoms with Gasteiger partial charge in [0.25, 0.3) is 0 Å². The molecule has 13 nitrogen and oxygen atoms in total. The third-order valence-electron chi connectivity index (χ3n) is 15.4. The summed E-state index contributed by atoms with van der Waals surface area (Å²) in [6.07, 6.45) is 3.09. The van der Waals surface area contributed by atoms with Gasteiger partial charge in [-0.25, -0.2) is 0 Å². The molecule has 0 aromatic heterocycles. The average Bonchev–Trinajstić information content (AvgIpc) is 3.84. The lowest BCUT2D eigenvalue weighted by Gasteiger charge is -2.47. The van der Waals surface area contributed by atoms with Gasteiger partial charge < -0.3 is 53.2 Å². The summed E-state index contributed by atoms with van der Waals surface area (Å²) in [7, 11) is 9.02. The van der Waals surface area contributed by atoms with Crippen molar-refractivity contribution in [3.63, 3.8) is 0 Å². The maximum absolute atomic E-state index is 15.2. The lowest BCUT2D eigenvalue weighted by atomic mass is 9.62. The third-order valence-corrected chi connectivity index (χ3v) is 16.0. The molecule has 15 heteroatoms. The number of benzene rings is 1. The van der Waals surface area contributed by atoms with E-state index in [1.54, 1.807) is 33.5 Å². The van der Waals surface area contributed by atoms with Crippen molar-refractivity contribution in [2.75, 3.05) is 35.4 Å². The highest BCUT2D eigenvalue weighted by Crippen LogP contribution is 2.57. The zero-order valence-corrected chi connectivity index (χ0v) is 40.1. The summed E-state index contributed by atoms with van der Waals surface area (Å²) in [6, 6.07) is 5.11. The van der Waals surface area contributed by atoms with Gasteiger partial charge >= 0.3 is 5.97 Å². The van der Waals surface area contributed by atoms with Gasteiger partial charge in [0.2, 0.25) is 0 Å². The summed E-state index contributed by atoms with van der Waals surface area (Å²) in [5.74, 6) is -2.10. The number of hydrogen-bond donors (Lipinski definition) is 2. The van der Waals surface area contributed by atoms with E-state index < -0.39 is 54.9 Å². The lowest BCUT2D eigenvalue weighted by Crippen LogP contribution is -2.59. The predicted molar refractivity (Wildman–Crippen MR) is 238 cm³/mol. The van der Waals surface area contributed by atoms with Gasteiger partial charge in [-0.15, -0.1) is 0 Å². The highest BCUT2D eigenvalue weighted by Gasteiger charge is 2.60. The molecule has 3 aliphatic carbocycles. The van der Waals surface area contributed by atoms with Crippen molar-refractivity contribution in [1.29, 1.82) is 0 Å². The van der Waals surface area contributed by atoms with Crippen molar-refractivity contribution < 1.29 is 52.6 Å². The molecule has 63 heavy (non-hydrogen) atoms. The van der Waals surface area contributed by atoms with E-state index in [1.807, 2.05) is 26.8 Å². The number of ether oxygens (including phenoxy) is 8. The largest absolute Gasteiger partial charge is 0.462 e. The van der Waals surface area contributed by atoms with Gasteiger partial charge in [-0.3, -0.25) is 9.59 Å². The van der Waals surface area contributed by atoms with Gasteiger partial charge in [0, 0.05) is 61.8 Å². The van der Waals surface area contributed by atoms with Crippen LogP contribution in [-0.4, -0.2) is 137 Å². The number of aliphatic hydroxyl groups is 1. The molecule has 1 aromatic rings. The van der Waals surface area contributed by atoms with Crippen LogP contribution in [0.1, 0.15) is 91.0 Å². The highest BCUT2D eigenvalue weighted by atomic mass is 35.5. The van der Waals surface area contributed by atoms with Crippen molar-refractivity contribution in [3.8, 4) is 0 Å². The fourth-order valence-electron chi connectivity index (χ4n) is 12.2. The molecule has 19 atom stereocenters. The molecule has 6 aliphatic rings. The summed E-state index contributed by atoms with van der Waals surface area (Å²) < 4.78 is 50.2. The minimum Gasteiger partial charge on any atom is -0.462 e. The Balaban J connectivity index is 1.21. The van der Waals surface area contributed by atoms with Crippen molar-refractivity contribution in [2.45, 2.75) is 172 Å². The van der Waals surface area contributed by atoms with Crippen LogP contribution in [0.15, 0.2) is 29.8 Å². The number of hydrogen-bond acceptors (Lipinski definition) is 13. The van der Waals surface area contributed by atoms with Crippen LogP contribution < -0.4 is 5.32 Å². The van der Waals surface area contributed by atoms with Gasteiger partial charge in [0.1, 0.15) is 24.4 Å². The molecular weight excluding hydrogens is 851 g/mol. The van der Waals surface area contributed by atoms with E-state index in [-0.39, 0.29) is 78.4 Å². The molecule has 0 radical (unpaired) electrons. The molecule has 354 valence electrons. The number of nitrogens with one attached hydrogen (secondary N) is 1. The monoisotopic (exact) mass is 922 g/mol. The predicted octanol–water partition coefficient (Wildman–Crippen LogP) is 6.76. The van der Waals surface area contributed by atoms with E-state index in [2.05, 4.69) is 37.3 Å². The summed E-state index contributed by atoms with van der Waals surface area (Å²) in [4.78, 5) is 31.5. The van der Waals surface area contributed by atoms with E-state index >= 15 is 4.79 Å². The van der Waals surface area contributed by atoms with Crippen LogP contribution in [-0.2, 0) is 54.0 Å². The quantitative estimate of drug-likeness (QED) is 0.214. The SMILES string of the molecule is CC[C@H]1CCC[C@H](O[C@H]2CC[C@H](N(C)C)C(C)O2)[C@@H](C)C(=O)C2=C[C@H]3[C@@H]4C[C@H](O[C@@H]5OC(C)[C@H](OC)[C@@H](OC)C5OC)C[C@H]4[C@@H](O)[C@H](NCc4cc(Cl)ccc4Cl)[C@H]3[C@@H]2CC(=O)O1. The number of ketones is 1. The Morgan fingerprint density at radius 3 is 2.30 bits per heavy atom. The Hall–Kier alpha value is -1.72. The van der Waals surface area contributed by atoms with Gasteiger partial charge in [-0.1, -0.05) is 43.1 Å². The molecule has 5 fully saturated rings. The topological polar surface area (TPSA) is 143 Å². The lowest BCUT2D eigenvalue weighted by molar-refractivity contribution is -0.314. The average molecular weight is 924 g/mol. The second-order valence-corrected chi connectivity index (χ2v) is 20.1. The minimum absolute atomic E-state index is 0.0190. The summed E-state index contributed by atoms with van der Waals surface area (Å²) in [6.45, 7) is 8.35. The number of nitrogens with zero attached hydrogens (tertiary/aromatic N) is 1. The van der Waals surface area contributed by atoms with Crippen LogP contribution in [0.5, 0.6) is 0 Å². The van der Waals surface area contributed by atoms with Crippen LogP contribution >= 0.6 is 23.2 Å². The Morgan fingerprint density at radius 2 is 1.62 bits per heavy atom. The minimum atomic E-state index is -0.842. The number of esters is 1. The summed E-state index contributed by atoms with van der Waals surface area (Å²) >= 11 is 13.1. The zero-order chi connectivity index (χ0) is 45.3. The van der Waals surface area contributed by atoms with E-state index in [0.717, 1.165) is 24.8 Å². The molecule has 0 spiro atoms. The molecule has 2 saturated carbocycles. The number of aliphatic hydroxyl groups excluding tert-OH is 1. The molecule has 0 amide bonds. The van der Waals surface area contributed by atoms with Crippen molar-refractivity contribution in [3.05, 3.63) is 45.5 Å². The van der Waals surface area contributed by atoms with Crippen LogP contribution in [0.4, 0.5) is 0 Å². The third kappa shape index (κ3) is 10.6. The van der Waals surface area contributed by atoms with Crippen molar-refractivity contribution in [2.24, 2.45) is 35.5 Å². The summed E-state index contributed by atoms with van der Waals surface area (Å²) in [5, 5.41) is 17.4. The number of halogens is 2. The number of allylic oxidation sites excluding steroid dienone is 2. The van der Waals surface area contributed by atoms with Gasteiger partial charge in [0.15, 0.2) is 18.4 Å². The zero-order valence-electron chi connectivity index (χ0n) is 38.6. The molecule has 3 heterocycles. The standard InChI is InChI=1S/C48H72Cl2N2O11/c1-10-29-12-11-13-38(63-40-17-16-37(52(5)6)25(3)59-40)24(2)43(54)35-21-32-31-19-30(62-48-47(58-9)46(57-8)45(56-7)26(4)60-48)20-34(31)44(55)42(41(32)33(35)22-39(53)61-29)51-23-27-18-28(49)14-15-36(27)50/h14-15,18,21,24-26,29-34,37-38,40-42,44-48,51,55H,10-13,16-17,19-20,22-23H2,1-9H3/t24-,25?,26?,29+,30+,31+,32+,33-,34-,37+,38+,40+,41-,42-,44-,45+,46-,47?,48+/m1/s1. The number of cyclic esters (lactones) is 1. The molecule has 3 unspecified atom stereocenters. The number of carbonyl (C=O) groups excluding carboxylic acids is 2. The number of Topliss-reactive ketones (excluding diaryl/α,β-unsaturated/α-hetero) is 1. The van der Waals surface area contributed by atoms with Crippen molar-refractivity contribution >= 4 is 35.0 Å². The number of rotatable bonds is 12. The number of fused-ring (bicyclic) bond motifs is 5. The summed E-state index contributed by atoms with van der Waals surface area (Å²) in [5.41, 5.74) is 1.40. The Kier molecular flexibility index (Phi) is 16.8. The molecular formula is C48H72Cl2N2O11.